The molecule has 1 atom stereocenters. The summed E-state index contributed by atoms with van der Waals surface area (Å²) in [4.78, 5) is 0. The van der Waals surface area contributed by atoms with E-state index in [-0.39, 0.29) is 0 Å². The molecule has 0 fully saturated rings. The summed E-state index contributed by atoms with van der Waals surface area (Å²) in [7, 11) is 0. The van der Waals surface area contributed by atoms with Crippen LogP contribution in [0.5, 0.6) is 0 Å². The second-order valence-corrected chi connectivity index (χ2v) is 4.51. The molecule has 0 aromatic carbocycles. The molecular weight excluding hydrogens is 196 g/mol. The van der Waals surface area contributed by atoms with Gasteiger partial charge in [0.1, 0.15) is 18.9 Å². The lowest BCUT2D eigenvalue weighted by atomic mass is 9.99. The summed E-state index contributed by atoms with van der Waals surface area (Å²) < 4.78 is 4.47. The summed E-state index contributed by atoms with van der Waals surface area (Å²) in [5.74, 6) is 0.824. The number of hydrogen-bond donors (Lipinski definition) is 0. The highest BCUT2D eigenvalue weighted by Crippen LogP contribution is 2.12. The summed E-state index contributed by atoms with van der Waals surface area (Å²) >= 11 is 0. The maximum atomic E-state index is 3.75. The Bertz CT molecular complexity index is 301. The van der Waals surface area contributed by atoms with Gasteiger partial charge in [-0.25, -0.2) is 9.13 Å². The van der Waals surface area contributed by atoms with Crippen molar-refractivity contribution in [2.24, 2.45) is 5.92 Å². The molecule has 0 spiro atoms. The third-order valence-electron chi connectivity index (χ3n) is 3.10. The third kappa shape index (κ3) is 4.21. The molecule has 0 amide bonds. The standard InChI is InChI=1S/C14H25N2/c1-4-7-8-14(6-3)12-16-11-10-15(13-16)9-5-2/h5,10-11,13-14H,2,4,6-9,12H2,1,3H3/q+1. The first-order chi connectivity index (χ1) is 7.80. The van der Waals surface area contributed by atoms with Gasteiger partial charge in [-0.2, -0.15) is 0 Å². The minimum Gasteiger partial charge on any atom is -0.237 e. The third-order valence-corrected chi connectivity index (χ3v) is 3.10. The van der Waals surface area contributed by atoms with Crippen LogP contribution in [0.3, 0.4) is 0 Å². The van der Waals surface area contributed by atoms with Crippen LogP contribution >= 0.6 is 0 Å². The van der Waals surface area contributed by atoms with E-state index in [1.807, 2.05) is 6.08 Å². The van der Waals surface area contributed by atoms with E-state index in [1.165, 1.54) is 25.7 Å². The molecule has 0 aliphatic rings. The highest BCUT2D eigenvalue weighted by Gasteiger charge is 2.10. The summed E-state index contributed by atoms with van der Waals surface area (Å²) in [6, 6.07) is 0. The highest BCUT2D eigenvalue weighted by molar-refractivity contribution is 4.74. The van der Waals surface area contributed by atoms with Crippen molar-refractivity contribution < 1.29 is 4.57 Å². The fraction of sp³-hybridized carbons (Fsp3) is 0.643. The zero-order valence-corrected chi connectivity index (χ0v) is 10.7. The van der Waals surface area contributed by atoms with Gasteiger partial charge < -0.3 is 0 Å². The van der Waals surface area contributed by atoms with Crippen molar-refractivity contribution >= 4 is 0 Å². The van der Waals surface area contributed by atoms with Crippen molar-refractivity contribution in [3.8, 4) is 0 Å². The number of nitrogens with zero attached hydrogens (tertiary/aromatic N) is 2. The molecule has 0 saturated heterocycles. The van der Waals surface area contributed by atoms with Crippen molar-refractivity contribution in [1.29, 1.82) is 0 Å². The van der Waals surface area contributed by atoms with Crippen LogP contribution in [-0.2, 0) is 13.1 Å². The van der Waals surface area contributed by atoms with Gasteiger partial charge in [-0.05, 0) is 18.8 Å². The number of rotatable bonds is 8. The van der Waals surface area contributed by atoms with Gasteiger partial charge in [-0.15, -0.1) is 0 Å². The van der Waals surface area contributed by atoms with Gasteiger partial charge in [-0.3, -0.25) is 0 Å². The van der Waals surface area contributed by atoms with Crippen molar-refractivity contribution in [3.05, 3.63) is 31.4 Å². The normalized spacial score (nSPS) is 12.6. The Kier molecular flexibility index (Phi) is 5.91. The Morgan fingerprint density at radius 1 is 1.44 bits per heavy atom. The summed E-state index contributed by atoms with van der Waals surface area (Å²) in [6.45, 7) is 10.4. The summed E-state index contributed by atoms with van der Waals surface area (Å²) in [5.41, 5.74) is 0. The molecule has 1 unspecified atom stereocenters. The van der Waals surface area contributed by atoms with E-state index in [0.29, 0.717) is 0 Å². The van der Waals surface area contributed by atoms with Gasteiger partial charge in [0, 0.05) is 0 Å². The smallest absolute Gasteiger partial charge is 0.237 e. The number of hydrogen-bond acceptors (Lipinski definition) is 0. The Labute approximate surface area is 99.6 Å². The first-order valence-electron chi connectivity index (χ1n) is 6.45. The number of allylic oxidation sites excluding steroid dienone is 1. The number of aromatic nitrogens is 2. The van der Waals surface area contributed by atoms with Gasteiger partial charge in [-0.1, -0.05) is 39.3 Å². The van der Waals surface area contributed by atoms with Crippen LogP contribution in [0.4, 0.5) is 0 Å². The van der Waals surface area contributed by atoms with E-state index >= 15 is 0 Å². The van der Waals surface area contributed by atoms with E-state index < -0.39 is 0 Å². The molecule has 0 aliphatic heterocycles. The van der Waals surface area contributed by atoms with Crippen LogP contribution in [0.2, 0.25) is 0 Å². The minimum absolute atomic E-state index is 0.824. The molecule has 1 aromatic rings. The van der Waals surface area contributed by atoms with Gasteiger partial charge in [0.15, 0.2) is 0 Å². The monoisotopic (exact) mass is 221 g/mol. The lowest BCUT2D eigenvalue weighted by Crippen LogP contribution is -2.35. The topological polar surface area (TPSA) is 8.81 Å². The van der Waals surface area contributed by atoms with Crippen LogP contribution in [0.15, 0.2) is 31.4 Å². The van der Waals surface area contributed by atoms with Crippen molar-refractivity contribution in [1.82, 2.24) is 4.57 Å². The SMILES string of the molecule is C=CCn1cc[n+](CC(CC)CCCC)c1. The molecule has 1 aromatic heterocycles. The van der Waals surface area contributed by atoms with Crippen molar-refractivity contribution in [2.45, 2.75) is 52.6 Å². The Hall–Kier alpha value is -1.05. The Morgan fingerprint density at radius 3 is 2.88 bits per heavy atom. The zero-order valence-electron chi connectivity index (χ0n) is 10.7. The van der Waals surface area contributed by atoms with Crippen molar-refractivity contribution in [2.75, 3.05) is 0 Å². The van der Waals surface area contributed by atoms with E-state index in [0.717, 1.165) is 19.0 Å². The predicted octanol–water partition coefficient (Wildman–Crippen LogP) is 3.18. The van der Waals surface area contributed by atoms with Crippen LogP contribution in [-0.4, -0.2) is 4.57 Å². The maximum absolute atomic E-state index is 3.75. The van der Waals surface area contributed by atoms with Gasteiger partial charge in [0.25, 0.3) is 0 Å². The van der Waals surface area contributed by atoms with Crippen LogP contribution < -0.4 is 4.57 Å². The molecule has 0 N–H and O–H groups in total. The maximum Gasteiger partial charge on any atom is 0.244 e. The zero-order chi connectivity index (χ0) is 11.8. The van der Waals surface area contributed by atoms with Gasteiger partial charge in [0.2, 0.25) is 6.33 Å². The molecule has 1 rings (SSSR count). The fourth-order valence-electron chi connectivity index (χ4n) is 2.02. The van der Waals surface area contributed by atoms with Crippen LogP contribution in [0.25, 0.3) is 0 Å². The Balaban J connectivity index is 2.45. The second kappa shape index (κ2) is 7.26. The second-order valence-electron chi connectivity index (χ2n) is 4.51. The fourth-order valence-corrected chi connectivity index (χ4v) is 2.02. The van der Waals surface area contributed by atoms with Crippen LogP contribution in [0, 0.1) is 5.92 Å². The average molecular weight is 221 g/mol. The number of unbranched alkanes of at least 4 members (excludes halogenated alkanes) is 1. The first-order valence-corrected chi connectivity index (χ1v) is 6.45. The average Bonchev–Trinajstić information content (AvgIpc) is 2.72. The molecule has 0 aliphatic carbocycles. The van der Waals surface area contributed by atoms with E-state index in [2.05, 4.69) is 48.3 Å². The predicted molar refractivity (Wildman–Crippen MR) is 68.1 cm³/mol. The lowest BCUT2D eigenvalue weighted by molar-refractivity contribution is -0.703. The molecule has 90 valence electrons. The summed E-state index contributed by atoms with van der Waals surface area (Å²) in [6.07, 6.45) is 13.7. The molecule has 1 heterocycles. The largest absolute Gasteiger partial charge is 0.244 e. The van der Waals surface area contributed by atoms with Crippen molar-refractivity contribution in [3.63, 3.8) is 0 Å². The lowest BCUT2D eigenvalue weighted by Gasteiger charge is -2.11. The van der Waals surface area contributed by atoms with Crippen LogP contribution in [0.1, 0.15) is 39.5 Å². The van der Waals surface area contributed by atoms with E-state index in [1.54, 1.807) is 0 Å². The molecule has 0 saturated carbocycles. The molecule has 2 nitrogen and oxygen atoms in total. The minimum atomic E-state index is 0.824. The number of imidazole rings is 1. The Morgan fingerprint density at radius 2 is 2.25 bits per heavy atom. The van der Waals surface area contributed by atoms with Gasteiger partial charge >= 0.3 is 0 Å². The van der Waals surface area contributed by atoms with E-state index in [4.69, 9.17) is 0 Å². The molecule has 0 bridgehead atoms. The molecule has 0 radical (unpaired) electrons. The first kappa shape index (κ1) is 13.0. The summed E-state index contributed by atoms with van der Waals surface area (Å²) in [5, 5.41) is 0. The molecular formula is C14H25N2+. The highest BCUT2D eigenvalue weighted by atomic mass is 15.1. The van der Waals surface area contributed by atoms with Gasteiger partial charge in [0.05, 0.1) is 6.54 Å². The van der Waals surface area contributed by atoms with E-state index in [9.17, 15) is 0 Å². The molecule has 2 heteroatoms. The quantitative estimate of drug-likeness (QED) is 0.471. The molecule has 16 heavy (non-hydrogen) atoms.